The molecule has 0 aliphatic heterocycles. The van der Waals surface area contributed by atoms with E-state index in [1.807, 2.05) is 0 Å². The molecule has 11 heavy (non-hydrogen) atoms. The zero-order chi connectivity index (χ0) is 8.08. The second kappa shape index (κ2) is 11.5. The third-order valence-corrected chi connectivity index (χ3v) is 0. The number of hydrogen-bond acceptors (Lipinski definition) is 7. The van der Waals surface area contributed by atoms with Crippen molar-refractivity contribution in [3.63, 3.8) is 0 Å². The molecule has 0 saturated carbocycles. The molecule has 0 radical (unpaired) electrons. The summed E-state index contributed by atoms with van der Waals surface area (Å²) >= 11 is -3.11. The van der Waals surface area contributed by atoms with Gasteiger partial charge < -0.3 is 18.2 Å². The van der Waals surface area contributed by atoms with Crippen molar-refractivity contribution in [1.82, 2.24) is 0 Å². The van der Waals surface area contributed by atoms with Crippen LogP contribution >= 0.6 is 0 Å². The fourth-order valence-corrected chi connectivity index (χ4v) is 0. The summed E-state index contributed by atoms with van der Waals surface area (Å²) in [5.74, 6) is 0. The maximum atomic E-state index is 8.52. The molecule has 58 valence electrons. The van der Waals surface area contributed by atoms with Gasteiger partial charge in [-0.1, -0.05) is 0 Å². The molecule has 0 bridgehead atoms. The summed E-state index contributed by atoms with van der Waals surface area (Å²) in [6, 6.07) is 0. The molecule has 0 unspecified atom stereocenters. The third-order valence-electron chi connectivity index (χ3n) is 0. The predicted octanol–water partition coefficient (Wildman–Crippen LogP) is -8.33. The minimum Gasteiger partial charge on any atom is -0.784 e. The Morgan fingerprint density at radius 3 is 1.09 bits per heavy atom. The van der Waals surface area contributed by atoms with E-state index in [4.69, 9.17) is 30.8 Å². The minimum absolute atomic E-state index is 0. The molecule has 0 aromatic rings. The van der Waals surface area contributed by atoms with Gasteiger partial charge in [0.05, 0.1) is 0 Å². The SMILES string of the molecule is O=S(=O)([O-])[O-].O=S([O-])[O-].[Li+].[Na+]. The van der Waals surface area contributed by atoms with E-state index in [0.29, 0.717) is 0 Å². The molecular weight excluding hydrogens is 206 g/mol. The summed E-state index contributed by atoms with van der Waals surface area (Å²) < 4.78 is 59.4. The molecule has 0 spiro atoms. The van der Waals surface area contributed by atoms with Crippen molar-refractivity contribution in [3.05, 3.63) is 0 Å². The van der Waals surface area contributed by atoms with Crippen molar-refractivity contribution in [1.29, 1.82) is 0 Å². The first kappa shape index (κ1) is 22.9. The Hall–Kier alpha value is 1.54. The molecule has 7 nitrogen and oxygen atoms in total. The fourth-order valence-electron chi connectivity index (χ4n) is 0. The topological polar surface area (TPSA) is 143 Å². The molecule has 0 N–H and O–H groups in total. The molecule has 0 heterocycles. The summed E-state index contributed by atoms with van der Waals surface area (Å²) in [7, 11) is -5.17. The van der Waals surface area contributed by atoms with Gasteiger partial charge in [0, 0.05) is 10.4 Å². The van der Waals surface area contributed by atoms with E-state index in [-0.39, 0.29) is 48.4 Å². The fraction of sp³-hybridized carbons (Fsp3) is 0. The molecule has 11 heteroatoms. The van der Waals surface area contributed by atoms with Crippen molar-refractivity contribution in [2.75, 3.05) is 0 Å². The van der Waals surface area contributed by atoms with Crippen LogP contribution in [-0.2, 0) is 21.8 Å². The first-order valence-electron chi connectivity index (χ1n) is 1.17. The van der Waals surface area contributed by atoms with Gasteiger partial charge >= 0.3 is 48.4 Å². The second-order valence-corrected chi connectivity index (χ2v) is 1.84. The van der Waals surface area contributed by atoms with Crippen LogP contribution in [0, 0.1) is 0 Å². The molecule has 0 aliphatic carbocycles. The monoisotopic (exact) mass is 206 g/mol. The van der Waals surface area contributed by atoms with Gasteiger partial charge in [0.1, 0.15) is 0 Å². The van der Waals surface area contributed by atoms with Gasteiger partial charge in [-0.05, 0) is 0 Å². The van der Waals surface area contributed by atoms with Gasteiger partial charge in [-0.25, -0.2) is 0 Å². The van der Waals surface area contributed by atoms with Gasteiger partial charge in [-0.15, -0.1) is 11.4 Å². The van der Waals surface area contributed by atoms with E-state index in [0.717, 1.165) is 0 Å². The molecular formula is LiNaO7S2-2. The molecule has 0 aliphatic rings. The standard InChI is InChI=1S/Li.Na.H2O4S.H2O3S/c;;1-5(2,3)4;1-4(2)3/h;;(H2,1,2,3,4);(H2,1,2,3)/q2*+1;;/p-4. The first-order valence-corrected chi connectivity index (χ1v) is 3.50. The van der Waals surface area contributed by atoms with Crippen molar-refractivity contribution < 1.29 is 79.3 Å². The van der Waals surface area contributed by atoms with Gasteiger partial charge in [0.2, 0.25) is 0 Å². The minimum atomic E-state index is -5.17. The Bertz CT molecular complexity index is 159. The molecule has 0 amide bonds. The van der Waals surface area contributed by atoms with Crippen LogP contribution in [0.25, 0.3) is 0 Å². The van der Waals surface area contributed by atoms with Gasteiger partial charge in [0.15, 0.2) is 0 Å². The van der Waals surface area contributed by atoms with Crippen LogP contribution < -0.4 is 48.4 Å². The summed E-state index contributed by atoms with van der Waals surface area (Å²) in [6.45, 7) is 0. The van der Waals surface area contributed by atoms with Crippen LogP contribution in [0.3, 0.4) is 0 Å². The zero-order valence-electron chi connectivity index (χ0n) is 5.67. The van der Waals surface area contributed by atoms with Crippen LogP contribution in [0.5, 0.6) is 0 Å². The van der Waals surface area contributed by atoms with Crippen LogP contribution in [0.4, 0.5) is 0 Å². The average Bonchev–Trinajstić information content (AvgIpc) is 1.19. The van der Waals surface area contributed by atoms with E-state index in [2.05, 4.69) is 0 Å². The van der Waals surface area contributed by atoms with E-state index in [1.54, 1.807) is 0 Å². The Kier molecular flexibility index (Phi) is 24.0. The molecule has 0 aromatic carbocycles. The second-order valence-electron chi connectivity index (χ2n) is 0.612. The maximum absolute atomic E-state index is 8.52. The maximum Gasteiger partial charge on any atom is 1.00 e. The van der Waals surface area contributed by atoms with Crippen molar-refractivity contribution in [2.24, 2.45) is 0 Å². The van der Waals surface area contributed by atoms with E-state index >= 15 is 0 Å². The van der Waals surface area contributed by atoms with Gasteiger partial charge in [-0.3, -0.25) is 12.6 Å². The number of rotatable bonds is 0. The van der Waals surface area contributed by atoms with Crippen molar-refractivity contribution in [3.8, 4) is 0 Å². The third kappa shape index (κ3) is 444. The Morgan fingerprint density at radius 1 is 1.09 bits per heavy atom. The summed E-state index contributed by atoms with van der Waals surface area (Å²) in [5.41, 5.74) is 0. The van der Waals surface area contributed by atoms with E-state index < -0.39 is 21.8 Å². The summed E-state index contributed by atoms with van der Waals surface area (Å²) in [6.07, 6.45) is 0. The molecule has 0 atom stereocenters. The van der Waals surface area contributed by atoms with E-state index in [9.17, 15) is 0 Å². The molecule has 0 fully saturated rings. The number of hydrogen-bond donors (Lipinski definition) is 0. The Balaban J connectivity index is -0.0000000383. The van der Waals surface area contributed by atoms with Gasteiger partial charge in [0.25, 0.3) is 0 Å². The Labute approximate surface area is 100 Å². The van der Waals surface area contributed by atoms with Crippen molar-refractivity contribution in [2.45, 2.75) is 0 Å². The van der Waals surface area contributed by atoms with Crippen LogP contribution in [0.2, 0.25) is 0 Å². The average molecular weight is 206 g/mol. The smallest absolute Gasteiger partial charge is 0.784 e. The van der Waals surface area contributed by atoms with Gasteiger partial charge in [-0.2, -0.15) is 0 Å². The van der Waals surface area contributed by atoms with Crippen LogP contribution in [0.15, 0.2) is 0 Å². The summed E-state index contributed by atoms with van der Waals surface area (Å²) in [4.78, 5) is 0. The first-order chi connectivity index (χ1) is 3.73. The normalized spacial score (nSPS) is 8.45. The predicted molar refractivity (Wildman–Crippen MR) is 20.2 cm³/mol. The van der Waals surface area contributed by atoms with Crippen LogP contribution in [-0.4, -0.2) is 30.8 Å². The Morgan fingerprint density at radius 2 is 1.09 bits per heavy atom. The van der Waals surface area contributed by atoms with Crippen LogP contribution in [0.1, 0.15) is 0 Å². The van der Waals surface area contributed by atoms with E-state index in [1.165, 1.54) is 0 Å². The molecule has 0 aromatic heterocycles. The largest absolute Gasteiger partial charge is 1.00 e. The zero-order valence-corrected chi connectivity index (χ0v) is 9.31. The quantitative estimate of drug-likeness (QED) is 0.165. The molecule has 0 saturated heterocycles. The summed E-state index contributed by atoms with van der Waals surface area (Å²) in [5, 5.41) is 0. The molecule has 0 rings (SSSR count). The van der Waals surface area contributed by atoms with Crippen molar-refractivity contribution >= 4 is 21.8 Å².